The number of carbonyl (C=O) groups excluding carboxylic acids is 1. The van der Waals surface area contributed by atoms with Crippen LogP contribution in [0.3, 0.4) is 0 Å². The molecule has 0 aliphatic rings. The van der Waals surface area contributed by atoms with Crippen molar-refractivity contribution in [1.82, 2.24) is 15.3 Å². The minimum absolute atomic E-state index is 0.245. The van der Waals surface area contributed by atoms with Gasteiger partial charge in [-0.15, -0.1) is 0 Å². The number of aryl methyl sites for hydroxylation is 1. The van der Waals surface area contributed by atoms with Gasteiger partial charge >= 0.3 is 6.03 Å². The molecule has 2 amide bonds. The average Bonchev–Trinajstić information content (AvgIpc) is 2.78. The Morgan fingerprint density at radius 1 is 0.903 bits per heavy atom. The summed E-state index contributed by atoms with van der Waals surface area (Å²) in [5.74, 6) is 1.33. The van der Waals surface area contributed by atoms with Gasteiger partial charge in [0.1, 0.15) is 5.82 Å². The maximum Gasteiger partial charge on any atom is 0.319 e. The van der Waals surface area contributed by atoms with Crippen LogP contribution in [0.25, 0.3) is 22.3 Å². The van der Waals surface area contributed by atoms with Crippen LogP contribution < -0.4 is 16.0 Å². The van der Waals surface area contributed by atoms with E-state index in [1.54, 1.807) is 0 Å². The molecule has 0 unspecified atom stereocenters. The summed E-state index contributed by atoms with van der Waals surface area (Å²) in [7, 11) is 0. The number of halogens is 1. The van der Waals surface area contributed by atoms with E-state index in [1.807, 2.05) is 79.7 Å². The predicted molar refractivity (Wildman–Crippen MR) is 127 cm³/mol. The van der Waals surface area contributed by atoms with Gasteiger partial charge < -0.3 is 16.0 Å². The number of carbonyl (C=O) groups is 1. The zero-order valence-electron chi connectivity index (χ0n) is 17.0. The second kappa shape index (κ2) is 9.45. The molecule has 4 aromatic rings. The molecule has 0 saturated carbocycles. The first-order valence-corrected chi connectivity index (χ1v) is 10.3. The largest absolute Gasteiger partial charge is 0.368 e. The van der Waals surface area contributed by atoms with Crippen molar-refractivity contribution in [3.05, 3.63) is 83.4 Å². The molecule has 4 rings (SSSR count). The molecule has 6 nitrogen and oxygen atoms in total. The third-order valence-corrected chi connectivity index (χ3v) is 5.05. The highest BCUT2D eigenvalue weighted by Gasteiger charge is 2.09. The lowest BCUT2D eigenvalue weighted by Gasteiger charge is -2.12. The fraction of sp³-hybridized carbons (Fsp3) is 0.125. The first-order valence-electron chi connectivity index (χ1n) is 9.97. The summed E-state index contributed by atoms with van der Waals surface area (Å²) in [5.41, 5.74) is 3.53. The van der Waals surface area contributed by atoms with E-state index >= 15 is 0 Å². The van der Waals surface area contributed by atoms with E-state index < -0.39 is 0 Å². The van der Waals surface area contributed by atoms with Gasteiger partial charge in [0, 0.05) is 34.7 Å². The fourth-order valence-corrected chi connectivity index (χ4v) is 3.30. The highest BCUT2D eigenvalue weighted by atomic mass is 35.5. The summed E-state index contributed by atoms with van der Waals surface area (Å²) in [6.07, 6.45) is 0. The van der Waals surface area contributed by atoms with Gasteiger partial charge in [-0.3, -0.25) is 0 Å². The van der Waals surface area contributed by atoms with E-state index in [4.69, 9.17) is 16.6 Å². The molecule has 0 fully saturated rings. The summed E-state index contributed by atoms with van der Waals surface area (Å²) in [6.45, 7) is 2.91. The van der Waals surface area contributed by atoms with Crippen LogP contribution in [0.4, 0.5) is 16.3 Å². The van der Waals surface area contributed by atoms with Crippen molar-refractivity contribution in [3.63, 3.8) is 0 Å². The Balaban J connectivity index is 1.43. The lowest BCUT2D eigenvalue weighted by atomic mass is 10.2. The average molecular weight is 432 g/mol. The summed E-state index contributed by atoms with van der Waals surface area (Å²) >= 11 is 6.00. The SMILES string of the molecule is Cc1ccccc1NC(=O)NCCNc1nc(-c2ccc(Cl)cc2)nc2ccccc12. The van der Waals surface area contributed by atoms with Crippen LogP contribution in [0.15, 0.2) is 72.8 Å². The minimum Gasteiger partial charge on any atom is -0.368 e. The van der Waals surface area contributed by atoms with Crippen LogP contribution in [-0.2, 0) is 0 Å². The highest BCUT2D eigenvalue weighted by Crippen LogP contribution is 2.25. The Morgan fingerprint density at radius 3 is 2.45 bits per heavy atom. The maximum absolute atomic E-state index is 12.2. The van der Waals surface area contributed by atoms with Crippen molar-refractivity contribution < 1.29 is 4.79 Å². The Hall–Kier alpha value is -3.64. The third kappa shape index (κ3) is 5.10. The number of benzene rings is 3. The minimum atomic E-state index is -0.245. The van der Waals surface area contributed by atoms with Crippen molar-refractivity contribution in [2.75, 3.05) is 23.7 Å². The summed E-state index contributed by atoms with van der Waals surface area (Å²) in [5, 5.41) is 10.6. The number of nitrogens with zero attached hydrogens (tertiary/aromatic N) is 2. The van der Waals surface area contributed by atoms with E-state index in [0.717, 1.165) is 33.5 Å². The van der Waals surface area contributed by atoms with Crippen LogP contribution in [0, 0.1) is 6.92 Å². The van der Waals surface area contributed by atoms with Gasteiger partial charge in [0.15, 0.2) is 5.82 Å². The fourth-order valence-electron chi connectivity index (χ4n) is 3.18. The molecule has 3 N–H and O–H groups in total. The molecule has 0 radical (unpaired) electrons. The number of hydrogen-bond acceptors (Lipinski definition) is 4. The molecule has 0 saturated heterocycles. The third-order valence-electron chi connectivity index (χ3n) is 4.80. The second-order valence-electron chi connectivity index (χ2n) is 7.04. The van der Waals surface area contributed by atoms with Crippen LogP contribution >= 0.6 is 11.6 Å². The second-order valence-corrected chi connectivity index (χ2v) is 7.48. The van der Waals surface area contributed by atoms with Crippen LogP contribution in [0.2, 0.25) is 5.02 Å². The number of rotatable bonds is 6. The lowest BCUT2D eigenvalue weighted by molar-refractivity contribution is 0.252. The zero-order valence-corrected chi connectivity index (χ0v) is 17.8. The molecular weight excluding hydrogens is 410 g/mol. The highest BCUT2D eigenvalue weighted by molar-refractivity contribution is 6.30. The molecule has 7 heteroatoms. The van der Waals surface area contributed by atoms with Crippen molar-refractivity contribution in [3.8, 4) is 11.4 Å². The van der Waals surface area contributed by atoms with Gasteiger partial charge in [-0.2, -0.15) is 0 Å². The Bertz CT molecular complexity index is 1210. The topological polar surface area (TPSA) is 78.9 Å². The monoisotopic (exact) mass is 431 g/mol. The number of hydrogen-bond donors (Lipinski definition) is 3. The smallest absolute Gasteiger partial charge is 0.319 e. The molecular formula is C24H22ClN5O. The molecule has 0 bridgehead atoms. The van der Waals surface area contributed by atoms with Crippen LogP contribution in [-0.4, -0.2) is 29.1 Å². The number of para-hydroxylation sites is 2. The summed E-state index contributed by atoms with van der Waals surface area (Å²) < 4.78 is 0. The number of aromatic nitrogens is 2. The first kappa shape index (κ1) is 20.6. The number of nitrogens with one attached hydrogen (secondary N) is 3. The normalized spacial score (nSPS) is 10.6. The predicted octanol–water partition coefficient (Wildman–Crippen LogP) is 5.49. The van der Waals surface area contributed by atoms with Crippen molar-refractivity contribution >= 4 is 40.0 Å². The van der Waals surface area contributed by atoms with E-state index in [-0.39, 0.29) is 6.03 Å². The number of anilines is 2. The number of fused-ring (bicyclic) bond motifs is 1. The summed E-state index contributed by atoms with van der Waals surface area (Å²) in [4.78, 5) is 21.5. The van der Waals surface area contributed by atoms with E-state index in [0.29, 0.717) is 23.9 Å². The van der Waals surface area contributed by atoms with Gasteiger partial charge in [0.05, 0.1) is 5.52 Å². The number of amides is 2. The van der Waals surface area contributed by atoms with E-state index in [2.05, 4.69) is 20.9 Å². The van der Waals surface area contributed by atoms with E-state index in [9.17, 15) is 4.79 Å². The Morgan fingerprint density at radius 2 is 1.65 bits per heavy atom. The molecule has 0 aliphatic heterocycles. The van der Waals surface area contributed by atoms with E-state index in [1.165, 1.54) is 0 Å². The van der Waals surface area contributed by atoms with Crippen molar-refractivity contribution in [2.24, 2.45) is 0 Å². The maximum atomic E-state index is 12.2. The van der Waals surface area contributed by atoms with Crippen LogP contribution in [0.5, 0.6) is 0 Å². The van der Waals surface area contributed by atoms with Gasteiger partial charge in [-0.1, -0.05) is 41.9 Å². The Kier molecular flexibility index (Phi) is 6.29. The quantitative estimate of drug-likeness (QED) is 0.352. The van der Waals surface area contributed by atoms with Crippen LogP contribution in [0.1, 0.15) is 5.56 Å². The van der Waals surface area contributed by atoms with Gasteiger partial charge in [0.25, 0.3) is 0 Å². The number of urea groups is 1. The van der Waals surface area contributed by atoms with Crippen molar-refractivity contribution in [1.29, 1.82) is 0 Å². The molecule has 0 aliphatic carbocycles. The summed E-state index contributed by atoms with van der Waals surface area (Å²) in [6, 6.07) is 22.7. The lowest BCUT2D eigenvalue weighted by Crippen LogP contribution is -2.33. The van der Waals surface area contributed by atoms with Gasteiger partial charge in [0.2, 0.25) is 0 Å². The molecule has 3 aromatic carbocycles. The molecule has 156 valence electrons. The first-order chi connectivity index (χ1) is 15.1. The molecule has 0 atom stereocenters. The molecule has 0 spiro atoms. The standard InChI is InChI=1S/C24H22ClN5O/c1-16-6-2-4-8-20(16)29-24(31)27-15-14-26-23-19-7-3-5-9-21(19)28-22(30-23)17-10-12-18(25)13-11-17/h2-13H,14-15H2,1H3,(H,26,28,30)(H2,27,29,31). The molecule has 31 heavy (non-hydrogen) atoms. The zero-order chi connectivity index (χ0) is 21.6. The van der Waals surface area contributed by atoms with Gasteiger partial charge in [-0.05, 0) is 55.0 Å². The molecule has 1 aromatic heterocycles. The van der Waals surface area contributed by atoms with Crippen molar-refractivity contribution in [2.45, 2.75) is 6.92 Å². The Labute approximate surface area is 185 Å². The van der Waals surface area contributed by atoms with Gasteiger partial charge in [-0.25, -0.2) is 14.8 Å². The molecule has 1 heterocycles.